The predicted octanol–water partition coefficient (Wildman–Crippen LogP) is 4.61. The maximum Gasteiger partial charge on any atom is 0.237 e. The molecule has 2 amide bonds. The van der Waals surface area contributed by atoms with E-state index in [1.165, 1.54) is 25.0 Å². The van der Waals surface area contributed by atoms with Crippen molar-refractivity contribution in [2.45, 2.75) is 30.5 Å². The van der Waals surface area contributed by atoms with Crippen LogP contribution in [0.4, 0.5) is 11.4 Å². The zero-order valence-corrected chi connectivity index (χ0v) is 17.1. The fourth-order valence-corrected chi connectivity index (χ4v) is 3.61. The smallest absolute Gasteiger partial charge is 0.237 e. The highest BCUT2D eigenvalue weighted by Crippen LogP contribution is 2.27. The Bertz CT molecular complexity index is 978. The second-order valence-corrected chi connectivity index (χ2v) is 7.59. The van der Waals surface area contributed by atoms with Crippen LogP contribution < -0.4 is 10.6 Å². The van der Waals surface area contributed by atoms with Crippen LogP contribution in [0.1, 0.15) is 20.3 Å². The van der Waals surface area contributed by atoms with Crippen molar-refractivity contribution in [3.8, 4) is 11.3 Å². The minimum Gasteiger partial charge on any atom is -0.326 e. The fourth-order valence-electron chi connectivity index (χ4n) is 2.70. The molecule has 0 bridgehead atoms. The Morgan fingerprint density at radius 3 is 2.24 bits per heavy atom. The molecule has 1 unspecified atom stereocenters. The molecule has 3 rings (SSSR count). The number of aromatic nitrogens is 2. The molecule has 2 N–H and O–H groups in total. The molecule has 1 aromatic heterocycles. The van der Waals surface area contributed by atoms with Crippen LogP contribution in [-0.4, -0.2) is 27.0 Å². The summed E-state index contributed by atoms with van der Waals surface area (Å²) >= 11 is 1.42. The summed E-state index contributed by atoms with van der Waals surface area (Å²) < 4.78 is 0. The molecule has 1 atom stereocenters. The van der Waals surface area contributed by atoms with Gasteiger partial charge in [0.2, 0.25) is 11.8 Å². The van der Waals surface area contributed by atoms with Crippen LogP contribution in [0.3, 0.4) is 0 Å². The van der Waals surface area contributed by atoms with Crippen molar-refractivity contribution in [3.63, 3.8) is 0 Å². The minimum absolute atomic E-state index is 0.0929. The third kappa shape index (κ3) is 5.89. The van der Waals surface area contributed by atoms with Gasteiger partial charge in [0.1, 0.15) is 11.4 Å². The third-order valence-corrected chi connectivity index (χ3v) is 5.41. The summed E-state index contributed by atoms with van der Waals surface area (Å²) in [7, 11) is 0. The van der Waals surface area contributed by atoms with E-state index in [1.807, 2.05) is 43.3 Å². The molecule has 0 radical (unpaired) electrons. The summed E-state index contributed by atoms with van der Waals surface area (Å²) in [5.41, 5.74) is 3.20. The van der Waals surface area contributed by atoms with E-state index in [-0.39, 0.29) is 17.1 Å². The summed E-state index contributed by atoms with van der Waals surface area (Å²) in [5, 5.41) is 6.09. The second kappa shape index (κ2) is 9.84. The van der Waals surface area contributed by atoms with Crippen LogP contribution in [0.2, 0.25) is 0 Å². The van der Waals surface area contributed by atoms with Gasteiger partial charge in [-0.15, -0.1) is 0 Å². The van der Waals surface area contributed by atoms with Crippen LogP contribution in [0.15, 0.2) is 72.0 Å². The molecule has 1 heterocycles. The van der Waals surface area contributed by atoms with Crippen molar-refractivity contribution in [2.24, 2.45) is 0 Å². The first-order chi connectivity index (χ1) is 14.0. The molecule has 0 spiro atoms. The first-order valence-corrected chi connectivity index (χ1v) is 10.2. The number of carbonyl (C=O) groups excluding carboxylic acids is 2. The highest BCUT2D eigenvalue weighted by Gasteiger charge is 2.19. The van der Waals surface area contributed by atoms with E-state index in [9.17, 15) is 9.59 Å². The molecule has 0 aliphatic carbocycles. The van der Waals surface area contributed by atoms with Crippen LogP contribution in [0.5, 0.6) is 0 Å². The molecule has 0 saturated carbocycles. The second-order valence-electron chi connectivity index (χ2n) is 6.37. The number of benzene rings is 2. The van der Waals surface area contributed by atoms with Crippen molar-refractivity contribution >= 4 is 35.0 Å². The molecular weight excluding hydrogens is 384 g/mol. The van der Waals surface area contributed by atoms with E-state index >= 15 is 0 Å². The van der Waals surface area contributed by atoms with E-state index in [0.717, 1.165) is 16.3 Å². The Hall–Kier alpha value is -3.19. The zero-order valence-electron chi connectivity index (χ0n) is 16.3. The van der Waals surface area contributed by atoms with Gasteiger partial charge in [-0.2, -0.15) is 0 Å². The van der Waals surface area contributed by atoms with Gasteiger partial charge in [0.15, 0.2) is 0 Å². The van der Waals surface area contributed by atoms with E-state index in [1.54, 1.807) is 24.3 Å². The lowest BCUT2D eigenvalue weighted by molar-refractivity contribution is -0.116. The first-order valence-electron chi connectivity index (χ1n) is 9.28. The van der Waals surface area contributed by atoms with E-state index in [2.05, 4.69) is 20.6 Å². The van der Waals surface area contributed by atoms with Crippen molar-refractivity contribution in [2.75, 3.05) is 10.6 Å². The summed E-state index contributed by atoms with van der Waals surface area (Å²) in [5.74, 6) is -0.228. The monoisotopic (exact) mass is 406 g/mol. The lowest BCUT2D eigenvalue weighted by atomic mass is 10.1. The number of nitrogens with zero attached hydrogens (tertiary/aromatic N) is 2. The van der Waals surface area contributed by atoms with Crippen molar-refractivity contribution in [1.29, 1.82) is 0 Å². The van der Waals surface area contributed by atoms with Crippen LogP contribution >= 0.6 is 11.8 Å². The summed E-state index contributed by atoms with van der Waals surface area (Å²) in [4.78, 5) is 32.5. The molecule has 2 aromatic carbocycles. The Balaban J connectivity index is 1.66. The number of thioether (sulfide) groups is 1. The van der Waals surface area contributed by atoms with E-state index in [0.29, 0.717) is 17.8 Å². The number of hydrogen-bond acceptors (Lipinski definition) is 5. The quantitative estimate of drug-likeness (QED) is 0.442. The average Bonchev–Trinajstić information content (AvgIpc) is 2.74. The molecule has 0 aliphatic rings. The van der Waals surface area contributed by atoms with Crippen LogP contribution in [0, 0.1) is 0 Å². The first kappa shape index (κ1) is 20.5. The molecular formula is C22H22N4O2S. The van der Waals surface area contributed by atoms with Crippen molar-refractivity contribution < 1.29 is 9.59 Å². The normalized spacial score (nSPS) is 11.5. The minimum atomic E-state index is -0.288. The molecule has 148 valence electrons. The standard InChI is InChI=1S/C22H22N4O2S/c1-3-20(22(28)26-18-11-9-17(10-12-18)25-15(2)27)29-21-13-19(23-14-24-21)16-7-5-4-6-8-16/h4-14,20H,3H2,1-2H3,(H,25,27)(H,26,28). The lowest BCUT2D eigenvalue weighted by Crippen LogP contribution is -2.24. The van der Waals surface area contributed by atoms with Gasteiger partial charge in [-0.3, -0.25) is 9.59 Å². The topological polar surface area (TPSA) is 84.0 Å². The molecule has 0 aliphatic heterocycles. The van der Waals surface area contributed by atoms with Gasteiger partial charge in [-0.25, -0.2) is 9.97 Å². The molecule has 7 heteroatoms. The Labute approximate surface area is 174 Å². The number of anilines is 2. The van der Waals surface area contributed by atoms with Gasteiger partial charge in [-0.1, -0.05) is 49.0 Å². The SMILES string of the molecule is CCC(Sc1cc(-c2ccccc2)ncn1)C(=O)Nc1ccc(NC(C)=O)cc1. The zero-order chi connectivity index (χ0) is 20.6. The van der Waals surface area contributed by atoms with Gasteiger partial charge in [0.05, 0.1) is 10.9 Å². The average molecular weight is 407 g/mol. The number of rotatable bonds is 7. The lowest BCUT2D eigenvalue weighted by Gasteiger charge is -2.15. The molecule has 3 aromatic rings. The van der Waals surface area contributed by atoms with Crippen LogP contribution in [-0.2, 0) is 9.59 Å². The third-order valence-electron chi connectivity index (χ3n) is 4.11. The maximum absolute atomic E-state index is 12.7. The van der Waals surface area contributed by atoms with E-state index in [4.69, 9.17) is 0 Å². The van der Waals surface area contributed by atoms with Gasteiger partial charge >= 0.3 is 0 Å². The summed E-state index contributed by atoms with van der Waals surface area (Å²) in [6, 6.07) is 18.8. The number of carbonyl (C=O) groups is 2. The van der Waals surface area contributed by atoms with E-state index < -0.39 is 0 Å². The highest BCUT2D eigenvalue weighted by atomic mass is 32.2. The van der Waals surface area contributed by atoms with Gasteiger partial charge < -0.3 is 10.6 Å². The Morgan fingerprint density at radius 2 is 1.62 bits per heavy atom. The predicted molar refractivity (Wildman–Crippen MR) is 117 cm³/mol. The van der Waals surface area contributed by atoms with Crippen molar-refractivity contribution in [1.82, 2.24) is 9.97 Å². The number of hydrogen-bond donors (Lipinski definition) is 2. The number of nitrogens with one attached hydrogen (secondary N) is 2. The molecule has 6 nitrogen and oxygen atoms in total. The van der Waals surface area contributed by atoms with Gasteiger partial charge in [0, 0.05) is 23.9 Å². The molecule has 0 saturated heterocycles. The Kier molecular flexibility index (Phi) is 6.97. The fraction of sp³-hybridized carbons (Fsp3) is 0.182. The number of amides is 2. The maximum atomic E-state index is 12.7. The summed E-state index contributed by atoms with van der Waals surface area (Å²) in [6.45, 7) is 3.42. The summed E-state index contributed by atoms with van der Waals surface area (Å²) in [6.07, 6.45) is 2.18. The van der Waals surface area contributed by atoms with Gasteiger partial charge in [-0.05, 0) is 36.8 Å². The largest absolute Gasteiger partial charge is 0.326 e. The van der Waals surface area contributed by atoms with Crippen molar-refractivity contribution in [3.05, 3.63) is 67.0 Å². The highest BCUT2D eigenvalue weighted by molar-refractivity contribution is 8.00. The Morgan fingerprint density at radius 1 is 0.966 bits per heavy atom. The molecule has 0 fully saturated rings. The van der Waals surface area contributed by atoms with Gasteiger partial charge in [0.25, 0.3) is 0 Å². The molecule has 29 heavy (non-hydrogen) atoms. The van der Waals surface area contributed by atoms with Crippen LogP contribution in [0.25, 0.3) is 11.3 Å².